The van der Waals surface area contributed by atoms with Crippen LogP contribution >= 0.6 is 11.6 Å². The van der Waals surface area contributed by atoms with Crippen LogP contribution < -0.4 is 5.46 Å². The van der Waals surface area contributed by atoms with Crippen LogP contribution in [0.1, 0.15) is 40.3 Å². The van der Waals surface area contributed by atoms with Crippen molar-refractivity contribution in [3.8, 4) is 0 Å². The molecule has 0 saturated carbocycles. The van der Waals surface area contributed by atoms with E-state index in [0.717, 1.165) is 5.46 Å². The van der Waals surface area contributed by atoms with Crippen LogP contribution in [-0.2, 0) is 20.5 Å². The number of hydrogen-bond donors (Lipinski definition) is 0. The molecule has 1 aliphatic rings. The molecule has 0 atom stereocenters. The van der Waals surface area contributed by atoms with Gasteiger partial charge in [-0.2, -0.15) is 0 Å². The summed E-state index contributed by atoms with van der Waals surface area (Å²) in [4.78, 5) is 15.4. The van der Waals surface area contributed by atoms with Gasteiger partial charge in [-0.1, -0.05) is 11.6 Å². The predicted molar refractivity (Wildman–Crippen MR) is 79.3 cm³/mol. The van der Waals surface area contributed by atoms with Crippen LogP contribution in [0.3, 0.4) is 0 Å². The molecule has 4 nitrogen and oxygen atoms in total. The number of rotatable bonds is 3. The van der Waals surface area contributed by atoms with E-state index in [1.54, 1.807) is 12.3 Å². The number of aromatic nitrogens is 1. The van der Waals surface area contributed by atoms with Gasteiger partial charge in [0.1, 0.15) is 5.78 Å². The fourth-order valence-electron chi connectivity index (χ4n) is 2.02. The van der Waals surface area contributed by atoms with Crippen molar-refractivity contribution in [2.45, 2.75) is 52.2 Å². The zero-order valence-corrected chi connectivity index (χ0v) is 13.2. The zero-order valence-electron chi connectivity index (χ0n) is 12.5. The molecule has 20 heavy (non-hydrogen) atoms. The van der Waals surface area contributed by atoms with Crippen LogP contribution in [0.2, 0.25) is 5.02 Å². The second-order valence-corrected chi connectivity index (χ2v) is 6.51. The van der Waals surface area contributed by atoms with Gasteiger partial charge in [-0.05, 0) is 40.7 Å². The highest BCUT2D eigenvalue weighted by Crippen LogP contribution is 2.37. The molecule has 1 fully saturated rings. The van der Waals surface area contributed by atoms with Gasteiger partial charge in [-0.25, -0.2) is 0 Å². The SMILES string of the molecule is CC(=O)Cc1nccc(B2OC(C)(C)C(C)(C)O2)c1Cl. The lowest BCUT2D eigenvalue weighted by atomic mass is 9.79. The Morgan fingerprint density at radius 2 is 1.85 bits per heavy atom. The van der Waals surface area contributed by atoms with Gasteiger partial charge in [0.15, 0.2) is 0 Å². The summed E-state index contributed by atoms with van der Waals surface area (Å²) in [7, 11) is -0.541. The van der Waals surface area contributed by atoms with Gasteiger partial charge in [0.05, 0.1) is 21.9 Å². The van der Waals surface area contributed by atoms with E-state index in [1.165, 1.54) is 6.92 Å². The van der Waals surface area contributed by atoms with Crippen molar-refractivity contribution in [1.82, 2.24) is 4.98 Å². The van der Waals surface area contributed by atoms with Gasteiger partial charge in [0, 0.05) is 18.1 Å². The zero-order chi connectivity index (χ0) is 15.1. The van der Waals surface area contributed by atoms with Crippen molar-refractivity contribution in [2.24, 2.45) is 0 Å². The Hall–Kier alpha value is -0.905. The maximum absolute atomic E-state index is 11.2. The molecule has 0 aromatic carbocycles. The van der Waals surface area contributed by atoms with Crippen LogP contribution in [0.4, 0.5) is 0 Å². The van der Waals surface area contributed by atoms with Crippen molar-refractivity contribution < 1.29 is 14.1 Å². The minimum absolute atomic E-state index is 0.0190. The second-order valence-electron chi connectivity index (χ2n) is 6.13. The molecule has 108 valence electrons. The summed E-state index contributed by atoms with van der Waals surface area (Å²) in [5, 5.41) is 0.446. The first-order valence-electron chi connectivity index (χ1n) is 6.62. The molecule has 2 heterocycles. The maximum atomic E-state index is 11.2. The smallest absolute Gasteiger partial charge is 0.399 e. The Morgan fingerprint density at radius 3 is 2.35 bits per heavy atom. The van der Waals surface area contributed by atoms with Crippen molar-refractivity contribution in [2.75, 3.05) is 0 Å². The Kier molecular flexibility index (Phi) is 3.97. The third-order valence-corrected chi connectivity index (χ3v) is 4.35. The fourth-order valence-corrected chi connectivity index (χ4v) is 2.28. The number of carbonyl (C=O) groups is 1. The van der Waals surface area contributed by atoms with Gasteiger partial charge in [-0.3, -0.25) is 9.78 Å². The van der Waals surface area contributed by atoms with Crippen molar-refractivity contribution in [3.63, 3.8) is 0 Å². The number of nitrogens with zero attached hydrogens (tertiary/aromatic N) is 1. The Labute approximate surface area is 125 Å². The van der Waals surface area contributed by atoms with Crippen LogP contribution in [0.5, 0.6) is 0 Å². The predicted octanol–water partition coefficient (Wildman–Crippen LogP) is 2.17. The second kappa shape index (κ2) is 5.13. The molecule has 0 bridgehead atoms. The molecule has 1 aromatic heterocycles. The Morgan fingerprint density at radius 1 is 1.30 bits per heavy atom. The molecule has 6 heteroatoms. The van der Waals surface area contributed by atoms with Gasteiger partial charge in [-0.15, -0.1) is 0 Å². The first-order chi connectivity index (χ1) is 9.14. The van der Waals surface area contributed by atoms with Gasteiger partial charge in [0.2, 0.25) is 0 Å². The molecule has 1 saturated heterocycles. The van der Waals surface area contributed by atoms with E-state index < -0.39 is 18.3 Å². The lowest BCUT2D eigenvalue weighted by molar-refractivity contribution is -0.116. The van der Waals surface area contributed by atoms with Gasteiger partial charge >= 0.3 is 7.12 Å². The number of halogens is 1. The van der Waals surface area contributed by atoms with E-state index in [-0.39, 0.29) is 12.2 Å². The molecule has 0 aliphatic carbocycles. The molecular formula is C14H19BClNO3. The topological polar surface area (TPSA) is 48.4 Å². The van der Waals surface area contributed by atoms with E-state index in [0.29, 0.717) is 10.7 Å². The summed E-state index contributed by atoms with van der Waals surface area (Å²) in [5.74, 6) is 0.0190. The highest BCUT2D eigenvalue weighted by atomic mass is 35.5. The third-order valence-electron chi connectivity index (χ3n) is 3.91. The normalized spacial score (nSPS) is 20.2. The van der Waals surface area contributed by atoms with E-state index in [2.05, 4.69) is 4.98 Å². The molecular weight excluding hydrogens is 276 g/mol. The average molecular weight is 296 g/mol. The van der Waals surface area contributed by atoms with Gasteiger partial charge < -0.3 is 9.31 Å². The largest absolute Gasteiger partial charge is 0.496 e. The summed E-state index contributed by atoms with van der Waals surface area (Å²) >= 11 is 6.34. The summed E-state index contributed by atoms with van der Waals surface area (Å²) in [6.45, 7) is 9.45. The number of ketones is 1. The average Bonchev–Trinajstić information content (AvgIpc) is 2.50. The number of carbonyl (C=O) groups excluding carboxylic acids is 1. The summed E-state index contributed by atoms with van der Waals surface area (Å²) in [6, 6.07) is 1.77. The Bertz CT molecular complexity index is 529. The summed E-state index contributed by atoms with van der Waals surface area (Å²) in [6.07, 6.45) is 1.84. The van der Waals surface area contributed by atoms with Crippen LogP contribution in [0.25, 0.3) is 0 Å². The van der Waals surface area contributed by atoms with Crippen molar-refractivity contribution in [3.05, 3.63) is 23.0 Å². The molecule has 0 amide bonds. The first kappa shape index (κ1) is 15.5. The molecule has 2 rings (SSSR count). The number of Topliss-reactive ketones (excluding diaryl/α,β-unsaturated/α-hetero) is 1. The monoisotopic (exact) mass is 295 g/mol. The van der Waals surface area contributed by atoms with Crippen LogP contribution in [0, 0.1) is 0 Å². The molecule has 1 aromatic rings. The quantitative estimate of drug-likeness (QED) is 0.802. The maximum Gasteiger partial charge on any atom is 0.496 e. The lowest BCUT2D eigenvalue weighted by Gasteiger charge is -2.32. The molecule has 0 radical (unpaired) electrons. The molecule has 1 aliphatic heterocycles. The third kappa shape index (κ3) is 2.75. The standard InChI is InChI=1S/C14H19BClNO3/c1-9(18)8-11-12(16)10(6-7-17-11)15-19-13(2,3)14(4,5)20-15/h6-7H,8H2,1-5H3. The van der Waals surface area contributed by atoms with Crippen molar-refractivity contribution >= 4 is 30.0 Å². The van der Waals surface area contributed by atoms with E-state index in [4.69, 9.17) is 20.9 Å². The fraction of sp³-hybridized carbons (Fsp3) is 0.571. The van der Waals surface area contributed by atoms with Gasteiger partial charge in [0.25, 0.3) is 0 Å². The highest BCUT2D eigenvalue weighted by Gasteiger charge is 2.52. The first-order valence-corrected chi connectivity index (χ1v) is 7.00. The molecule has 0 unspecified atom stereocenters. The minimum atomic E-state index is -0.541. The van der Waals surface area contributed by atoms with Crippen LogP contribution in [-0.4, -0.2) is 29.1 Å². The number of pyridine rings is 1. The Balaban J connectivity index is 2.34. The lowest BCUT2D eigenvalue weighted by Crippen LogP contribution is -2.41. The van der Waals surface area contributed by atoms with E-state index >= 15 is 0 Å². The van der Waals surface area contributed by atoms with E-state index in [9.17, 15) is 4.79 Å². The highest BCUT2D eigenvalue weighted by molar-refractivity contribution is 6.65. The summed E-state index contributed by atoms with van der Waals surface area (Å²) < 4.78 is 11.9. The molecule has 0 N–H and O–H groups in total. The van der Waals surface area contributed by atoms with E-state index in [1.807, 2.05) is 27.7 Å². The van der Waals surface area contributed by atoms with Crippen LogP contribution in [0.15, 0.2) is 12.3 Å². The van der Waals surface area contributed by atoms with Crippen molar-refractivity contribution in [1.29, 1.82) is 0 Å². The number of hydrogen-bond acceptors (Lipinski definition) is 4. The molecule has 0 spiro atoms. The summed E-state index contributed by atoms with van der Waals surface area (Å²) in [5.41, 5.74) is 0.429. The minimum Gasteiger partial charge on any atom is -0.399 e.